The minimum absolute atomic E-state index is 0. The van der Waals surface area contributed by atoms with Gasteiger partial charge in [-0.15, -0.1) is 17.5 Å². The van der Waals surface area contributed by atoms with Crippen molar-refractivity contribution in [2.24, 2.45) is 0 Å². The van der Waals surface area contributed by atoms with E-state index in [-0.39, 0.29) is 18.4 Å². The normalized spacial score (nSPS) is 16.2. The highest BCUT2D eigenvalue weighted by Gasteiger charge is 2.30. The van der Waals surface area contributed by atoms with Crippen molar-refractivity contribution in [1.82, 2.24) is 30.0 Å². The maximum atomic E-state index is 5.56. The molecule has 0 amide bonds. The Bertz CT molecular complexity index is 1320. The van der Waals surface area contributed by atoms with Crippen LogP contribution in [0.2, 0.25) is 0 Å². The molecule has 38 heavy (non-hydrogen) atoms. The van der Waals surface area contributed by atoms with Crippen molar-refractivity contribution in [3.8, 4) is 11.5 Å². The van der Waals surface area contributed by atoms with Gasteiger partial charge in [0.15, 0.2) is 17.3 Å². The van der Waals surface area contributed by atoms with Crippen LogP contribution in [0.4, 0.5) is 0 Å². The van der Waals surface area contributed by atoms with Gasteiger partial charge >= 0.3 is 0 Å². The Morgan fingerprint density at radius 1 is 0.842 bits per heavy atom. The summed E-state index contributed by atoms with van der Waals surface area (Å²) in [7, 11) is 0. The summed E-state index contributed by atoms with van der Waals surface area (Å²) in [6.45, 7) is 7.90. The topological polar surface area (TPSA) is 68.5 Å². The fourth-order valence-corrected chi connectivity index (χ4v) is 5.20. The second-order valence-corrected chi connectivity index (χ2v) is 9.81. The van der Waals surface area contributed by atoms with Crippen LogP contribution < -0.4 is 9.47 Å². The molecule has 0 spiro atoms. The predicted molar refractivity (Wildman–Crippen MR) is 148 cm³/mol. The number of benzene rings is 3. The molecule has 1 unspecified atom stereocenters. The van der Waals surface area contributed by atoms with Gasteiger partial charge in [-0.2, -0.15) is 0 Å². The monoisotopic (exact) mass is 532 g/mol. The number of fused-ring (bicyclic) bond motifs is 1. The minimum Gasteiger partial charge on any atom is -0.454 e. The van der Waals surface area contributed by atoms with E-state index in [1.807, 2.05) is 16.8 Å². The first-order chi connectivity index (χ1) is 18.2. The largest absolute Gasteiger partial charge is 0.454 e. The van der Waals surface area contributed by atoms with Crippen molar-refractivity contribution in [3.05, 3.63) is 101 Å². The third kappa shape index (κ3) is 5.83. The maximum absolute atomic E-state index is 5.56. The van der Waals surface area contributed by atoms with Crippen molar-refractivity contribution in [2.75, 3.05) is 33.0 Å². The van der Waals surface area contributed by atoms with Gasteiger partial charge < -0.3 is 9.47 Å². The highest BCUT2D eigenvalue weighted by Crippen LogP contribution is 2.33. The predicted octanol–water partition coefficient (Wildman–Crippen LogP) is 4.28. The van der Waals surface area contributed by atoms with Crippen molar-refractivity contribution in [1.29, 1.82) is 0 Å². The van der Waals surface area contributed by atoms with Crippen LogP contribution in [0.5, 0.6) is 11.5 Å². The van der Waals surface area contributed by atoms with Crippen LogP contribution in [0.15, 0.2) is 72.8 Å². The van der Waals surface area contributed by atoms with Crippen LogP contribution in [0.3, 0.4) is 0 Å². The molecule has 6 rings (SSSR count). The van der Waals surface area contributed by atoms with Crippen LogP contribution in [0, 0.1) is 6.92 Å². The van der Waals surface area contributed by atoms with Crippen LogP contribution in [-0.4, -0.2) is 63.0 Å². The molecule has 0 saturated carbocycles. The van der Waals surface area contributed by atoms with Crippen molar-refractivity contribution in [3.63, 3.8) is 0 Å². The number of hydrogen-bond acceptors (Lipinski definition) is 7. The lowest BCUT2D eigenvalue weighted by atomic mass is 10.0. The van der Waals surface area contributed by atoms with Crippen molar-refractivity contribution in [2.45, 2.75) is 32.5 Å². The molecular formula is C29H33ClN6O2. The maximum Gasteiger partial charge on any atom is 0.231 e. The summed E-state index contributed by atoms with van der Waals surface area (Å²) in [4.78, 5) is 5.02. The van der Waals surface area contributed by atoms with Crippen molar-refractivity contribution < 1.29 is 9.47 Å². The van der Waals surface area contributed by atoms with Gasteiger partial charge in [0, 0.05) is 39.3 Å². The zero-order valence-electron chi connectivity index (χ0n) is 21.6. The average molecular weight is 533 g/mol. The Hall–Kier alpha value is -3.46. The summed E-state index contributed by atoms with van der Waals surface area (Å²) in [5.74, 6) is 2.58. The fraction of sp³-hybridized carbons (Fsp3) is 0.345. The Morgan fingerprint density at radius 2 is 1.61 bits per heavy atom. The smallest absolute Gasteiger partial charge is 0.231 e. The zero-order valence-corrected chi connectivity index (χ0v) is 22.4. The number of hydrogen-bond donors (Lipinski definition) is 0. The third-order valence-electron chi connectivity index (χ3n) is 7.27. The number of aryl methyl sites for hydroxylation is 3. The standard InChI is InChI=1S/C29H32N6O2.ClH/c1-22-7-10-25(11-8-22)28(29-30-31-32-35(29)14-13-23-5-3-2-4-6-23)34-17-15-33(16-18-34)20-24-9-12-26-27(19-24)37-21-36-26;/h2-12,19,28H,13-18,20-21H2,1H3;1H. The minimum atomic E-state index is 0. The van der Waals surface area contributed by atoms with Gasteiger partial charge in [-0.3, -0.25) is 9.80 Å². The molecule has 198 valence electrons. The molecule has 0 N–H and O–H groups in total. The first-order valence-corrected chi connectivity index (χ1v) is 12.9. The van der Waals surface area contributed by atoms with Crippen LogP contribution in [0.1, 0.15) is 34.1 Å². The number of rotatable bonds is 8. The van der Waals surface area contributed by atoms with E-state index in [4.69, 9.17) is 9.47 Å². The average Bonchev–Trinajstić information content (AvgIpc) is 3.60. The lowest BCUT2D eigenvalue weighted by molar-refractivity contribution is 0.1000. The molecule has 1 fully saturated rings. The lowest BCUT2D eigenvalue weighted by Gasteiger charge is -2.39. The van der Waals surface area contributed by atoms with Gasteiger partial charge in [-0.25, -0.2) is 4.68 Å². The van der Waals surface area contributed by atoms with E-state index in [9.17, 15) is 0 Å². The van der Waals surface area contributed by atoms with E-state index in [2.05, 4.69) is 92.9 Å². The van der Waals surface area contributed by atoms with Gasteiger partial charge in [-0.1, -0.05) is 66.2 Å². The Morgan fingerprint density at radius 3 is 2.39 bits per heavy atom. The molecule has 0 bridgehead atoms. The van der Waals surface area contributed by atoms with Crippen LogP contribution >= 0.6 is 12.4 Å². The van der Waals surface area contributed by atoms with E-state index in [0.29, 0.717) is 6.79 Å². The molecule has 1 atom stereocenters. The Labute approximate surface area is 229 Å². The third-order valence-corrected chi connectivity index (χ3v) is 7.27. The van der Waals surface area contributed by atoms with Crippen LogP contribution in [-0.2, 0) is 19.5 Å². The van der Waals surface area contributed by atoms with Gasteiger partial charge in [0.05, 0.1) is 6.04 Å². The van der Waals surface area contributed by atoms with Gasteiger partial charge in [0.1, 0.15) is 0 Å². The Kier molecular flexibility index (Phi) is 8.22. The van der Waals surface area contributed by atoms with Gasteiger partial charge in [0.2, 0.25) is 6.79 Å². The summed E-state index contributed by atoms with van der Waals surface area (Å²) >= 11 is 0. The molecule has 8 nitrogen and oxygen atoms in total. The lowest BCUT2D eigenvalue weighted by Crippen LogP contribution is -2.48. The summed E-state index contributed by atoms with van der Waals surface area (Å²) in [5, 5.41) is 13.0. The number of halogens is 1. The second kappa shape index (κ2) is 11.9. The van der Waals surface area contributed by atoms with E-state index in [1.54, 1.807) is 0 Å². The number of nitrogens with zero attached hydrogens (tertiary/aromatic N) is 6. The molecule has 1 aromatic heterocycles. The molecule has 2 aliphatic heterocycles. The van der Waals surface area contributed by atoms with Crippen LogP contribution in [0.25, 0.3) is 0 Å². The molecule has 3 aromatic carbocycles. The molecule has 0 radical (unpaired) electrons. The number of aromatic nitrogens is 4. The molecule has 2 aliphatic rings. The van der Waals surface area contributed by atoms with Gasteiger partial charge in [0.25, 0.3) is 0 Å². The summed E-state index contributed by atoms with van der Waals surface area (Å²) in [5.41, 5.74) is 5.01. The van der Waals surface area contributed by atoms with E-state index in [1.165, 1.54) is 22.3 Å². The first kappa shape index (κ1) is 26.2. The molecule has 3 heterocycles. The molecular weight excluding hydrogens is 500 g/mol. The fourth-order valence-electron chi connectivity index (χ4n) is 5.20. The summed E-state index contributed by atoms with van der Waals surface area (Å²) in [6, 6.07) is 25.6. The highest BCUT2D eigenvalue weighted by molar-refractivity contribution is 5.85. The summed E-state index contributed by atoms with van der Waals surface area (Å²) in [6.07, 6.45) is 0.892. The van der Waals surface area contributed by atoms with E-state index in [0.717, 1.165) is 63.0 Å². The molecule has 0 aliphatic carbocycles. The molecule has 4 aromatic rings. The van der Waals surface area contributed by atoms with Gasteiger partial charge in [-0.05, 0) is 52.6 Å². The molecule has 9 heteroatoms. The number of ether oxygens (including phenoxy) is 2. The summed E-state index contributed by atoms with van der Waals surface area (Å²) < 4.78 is 13.0. The molecule has 1 saturated heterocycles. The SMILES string of the molecule is Cc1ccc(C(c2nnnn2CCc2ccccc2)N2CCN(Cc3ccc4c(c3)OCO4)CC2)cc1.Cl. The van der Waals surface area contributed by atoms with Crippen molar-refractivity contribution >= 4 is 12.4 Å². The number of tetrazole rings is 1. The first-order valence-electron chi connectivity index (χ1n) is 12.9. The van der Waals surface area contributed by atoms with E-state index < -0.39 is 0 Å². The zero-order chi connectivity index (χ0) is 25.0. The Balaban J connectivity index is 0.00000294. The quantitative estimate of drug-likeness (QED) is 0.335. The number of piperazine rings is 1. The van der Waals surface area contributed by atoms with E-state index >= 15 is 0 Å². The second-order valence-electron chi connectivity index (χ2n) is 9.81. The highest BCUT2D eigenvalue weighted by atomic mass is 35.5.